The fourth-order valence-corrected chi connectivity index (χ4v) is 3.32. The van der Waals surface area contributed by atoms with E-state index >= 15 is 0 Å². The Bertz CT molecular complexity index is 1280. The fourth-order valence-electron chi connectivity index (χ4n) is 3.10. The number of carbonyl (C=O) groups is 3. The van der Waals surface area contributed by atoms with Crippen molar-refractivity contribution in [2.45, 2.75) is 0 Å². The Balaban J connectivity index is 1.50. The molecule has 0 aliphatic rings. The zero-order chi connectivity index (χ0) is 26.8. The van der Waals surface area contributed by atoms with E-state index in [0.29, 0.717) is 33.6 Å². The third kappa shape index (κ3) is 7.21. The van der Waals surface area contributed by atoms with Gasteiger partial charge in [-0.3, -0.25) is 9.59 Å². The van der Waals surface area contributed by atoms with Crippen molar-refractivity contribution < 1.29 is 33.3 Å². The number of ether oxygens (including phenoxy) is 4. The number of amides is 2. The second kappa shape index (κ2) is 12.9. The van der Waals surface area contributed by atoms with Gasteiger partial charge < -0.3 is 24.3 Å². The second-order valence-corrected chi connectivity index (χ2v) is 7.74. The Morgan fingerprint density at radius 2 is 1.57 bits per heavy atom. The molecule has 0 spiro atoms. The molecule has 0 bridgehead atoms. The van der Waals surface area contributed by atoms with E-state index in [0.717, 1.165) is 0 Å². The minimum absolute atomic E-state index is 0.223. The lowest BCUT2D eigenvalue weighted by molar-refractivity contribution is -0.120. The summed E-state index contributed by atoms with van der Waals surface area (Å²) in [5, 5.41) is 6.66. The average molecular weight is 526 g/mol. The lowest BCUT2D eigenvalue weighted by Gasteiger charge is -2.14. The van der Waals surface area contributed by atoms with Crippen LogP contribution >= 0.6 is 11.6 Å². The number of nitrogens with zero attached hydrogens (tertiary/aromatic N) is 1. The van der Waals surface area contributed by atoms with Crippen molar-refractivity contribution in [3.05, 3.63) is 82.4 Å². The molecule has 0 fully saturated rings. The summed E-state index contributed by atoms with van der Waals surface area (Å²) in [5.41, 5.74) is 3.44. The molecule has 0 unspecified atom stereocenters. The molecule has 11 heteroatoms. The van der Waals surface area contributed by atoms with Crippen LogP contribution in [0.4, 0.5) is 0 Å². The molecule has 0 heterocycles. The first kappa shape index (κ1) is 27.0. The molecule has 0 atom stereocenters. The molecule has 3 aromatic rings. The summed E-state index contributed by atoms with van der Waals surface area (Å²) in [4.78, 5) is 36.8. The molecule has 0 saturated carbocycles. The van der Waals surface area contributed by atoms with Crippen LogP contribution in [0.3, 0.4) is 0 Å². The first-order valence-corrected chi connectivity index (χ1v) is 11.2. The van der Waals surface area contributed by atoms with Crippen LogP contribution in [0.2, 0.25) is 5.02 Å². The summed E-state index contributed by atoms with van der Waals surface area (Å²) in [6.45, 7) is -0.316. The number of hydrazone groups is 1. The predicted molar refractivity (Wildman–Crippen MR) is 137 cm³/mol. The first-order chi connectivity index (χ1) is 17.9. The van der Waals surface area contributed by atoms with E-state index in [2.05, 4.69) is 15.8 Å². The van der Waals surface area contributed by atoms with E-state index in [-0.39, 0.29) is 17.7 Å². The van der Waals surface area contributed by atoms with Crippen molar-refractivity contribution in [2.24, 2.45) is 5.10 Å². The SMILES string of the molecule is COc1cc(C(=O)NCC(=O)NN=Cc2ccc(OC(=O)c3ccccc3Cl)cc2)cc(OC)c1OC. The summed E-state index contributed by atoms with van der Waals surface area (Å²) in [7, 11) is 4.33. The molecular formula is C26H24ClN3O7. The van der Waals surface area contributed by atoms with Crippen LogP contribution in [0, 0.1) is 0 Å². The smallest absolute Gasteiger partial charge is 0.345 e. The zero-order valence-corrected chi connectivity index (χ0v) is 21.0. The number of rotatable bonds is 10. The van der Waals surface area contributed by atoms with Gasteiger partial charge in [-0.05, 0) is 54.1 Å². The van der Waals surface area contributed by atoms with Crippen molar-refractivity contribution in [3.63, 3.8) is 0 Å². The van der Waals surface area contributed by atoms with Crippen LogP contribution in [-0.2, 0) is 4.79 Å². The van der Waals surface area contributed by atoms with Gasteiger partial charge in [0.05, 0.1) is 44.7 Å². The van der Waals surface area contributed by atoms with E-state index < -0.39 is 17.8 Å². The molecule has 0 aromatic heterocycles. The van der Waals surface area contributed by atoms with Crippen molar-refractivity contribution in [2.75, 3.05) is 27.9 Å². The van der Waals surface area contributed by atoms with Crippen LogP contribution in [0.5, 0.6) is 23.0 Å². The van der Waals surface area contributed by atoms with Crippen LogP contribution in [-0.4, -0.2) is 51.9 Å². The normalized spacial score (nSPS) is 10.5. The van der Waals surface area contributed by atoms with Crippen LogP contribution in [0.25, 0.3) is 0 Å². The number of hydrogen-bond donors (Lipinski definition) is 2. The van der Waals surface area contributed by atoms with Gasteiger partial charge in [0.15, 0.2) is 11.5 Å². The number of carbonyl (C=O) groups excluding carboxylic acids is 3. The van der Waals surface area contributed by atoms with Crippen molar-refractivity contribution >= 4 is 35.6 Å². The second-order valence-electron chi connectivity index (χ2n) is 7.33. The maximum absolute atomic E-state index is 12.5. The Labute approximate surface area is 218 Å². The molecule has 3 rings (SSSR count). The minimum Gasteiger partial charge on any atom is -0.493 e. The molecule has 192 valence electrons. The number of benzene rings is 3. The number of methoxy groups -OCH3 is 3. The first-order valence-electron chi connectivity index (χ1n) is 10.8. The monoisotopic (exact) mass is 525 g/mol. The fraction of sp³-hybridized carbons (Fsp3) is 0.154. The Morgan fingerprint density at radius 1 is 0.919 bits per heavy atom. The van der Waals surface area contributed by atoms with Gasteiger partial charge >= 0.3 is 5.97 Å². The molecular weight excluding hydrogens is 502 g/mol. The number of halogens is 1. The van der Waals surface area contributed by atoms with Crippen molar-refractivity contribution in [1.82, 2.24) is 10.7 Å². The molecule has 0 saturated heterocycles. The standard InChI is InChI=1S/C26H24ClN3O7/c1-34-21-12-17(13-22(35-2)24(21)36-3)25(32)28-15-23(31)30-29-14-16-8-10-18(11-9-16)37-26(33)19-6-4-5-7-20(19)27/h4-14H,15H2,1-3H3,(H,28,32)(H,30,31). The van der Waals surface area contributed by atoms with Crippen molar-refractivity contribution in [3.8, 4) is 23.0 Å². The molecule has 37 heavy (non-hydrogen) atoms. The topological polar surface area (TPSA) is 125 Å². The van der Waals surface area contributed by atoms with E-state index in [1.165, 1.54) is 39.7 Å². The van der Waals surface area contributed by atoms with Gasteiger partial charge in [-0.2, -0.15) is 5.10 Å². The van der Waals surface area contributed by atoms with Gasteiger partial charge in [0.1, 0.15) is 5.75 Å². The van der Waals surface area contributed by atoms with E-state index in [1.54, 1.807) is 48.5 Å². The van der Waals surface area contributed by atoms with E-state index in [9.17, 15) is 14.4 Å². The van der Waals surface area contributed by atoms with Gasteiger partial charge in [-0.25, -0.2) is 10.2 Å². The average Bonchev–Trinajstić information content (AvgIpc) is 2.91. The predicted octanol–water partition coefficient (Wildman–Crippen LogP) is 3.47. The van der Waals surface area contributed by atoms with Gasteiger partial charge in [0.2, 0.25) is 5.75 Å². The highest BCUT2D eigenvalue weighted by atomic mass is 35.5. The highest BCUT2D eigenvalue weighted by Gasteiger charge is 2.17. The molecule has 0 aliphatic carbocycles. The van der Waals surface area contributed by atoms with Crippen molar-refractivity contribution in [1.29, 1.82) is 0 Å². The Morgan fingerprint density at radius 3 is 2.16 bits per heavy atom. The zero-order valence-electron chi connectivity index (χ0n) is 20.2. The third-order valence-corrected chi connectivity index (χ3v) is 5.25. The molecule has 3 aromatic carbocycles. The summed E-state index contributed by atoms with van der Waals surface area (Å²) < 4.78 is 21.0. The summed E-state index contributed by atoms with van der Waals surface area (Å²) >= 11 is 6.01. The summed E-state index contributed by atoms with van der Waals surface area (Å²) in [5.74, 6) is -0.340. The molecule has 10 nitrogen and oxygen atoms in total. The number of nitrogens with one attached hydrogen (secondary N) is 2. The molecule has 0 aliphatic heterocycles. The quantitative estimate of drug-likeness (QED) is 0.180. The van der Waals surface area contributed by atoms with Gasteiger partial charge in [-0.1, -0.05) is 23.7 Å². The Kier molecular flexibility index (Phi) is 9.45. The van der Waals surface area contributed by atoms with E-state index in [1.807, 2.05) is 0 Å². The van der Waals surface area contributed by atoms with Crippen LogP contribution in [0.15, 0.2) is 65.8 Å². The number of esters is 1. The molecule has 2 N–H and O–H groups in total. The summed E-state index contributed by atoms with van der Waals surface area (Å²) in [6.07, 6.45) is 1.40. The maximum Gasteiger partial charge on any atom is 0.345 e. The van der Waals surface area contributed by atoms with Crippen LogP contribution in [0.1, 0.15) is 26.3 Å². The van der Waals surface area contributed by atoms with Gasteiger partial charge in [-0.15, -0.1) is 0 Å². The highest BCUT2D eigenvalue weighted by Crippen LogP contribution is 2.38. The van der Waals surface area contributed by atoms with Gasteiger partial charge in [0.25, 0.3) is 11.8 Å². The maximum atomic E-state index is 12.5. The molecule has 0 radical (unpaired) electrons. The largest absolute Gasteiger partial charge is 0.493 e. The van der Waals surface area contributed by atoms with E-state index in [4.69, 9.17) is 30.5 Å². The number of hydrogen-bond acceptors (Lipinski definition) is 8. The van der Waals surface area contributed by atoms with Crippen LogP contribution < -0.4 is 29.7 Å². The molecule has 2 amide bonds. The lowest BCUT2D eigenvalue weighted by Crippen LogP contribution is -2.34. The Hall–Kier alpha value is -4.57. The highest BCUT2D eigenvalue weighted by molar-refractivity contribution is 6.33. The summed E-state index contributed by atoms with van der Waals surface area (Å²) in [6, 6.07) is 16.0. The lowest BCUT2D eigenvalue weighted by atomic mass is 10.1. The van der Waals surface area contributed by atoms with Gasteiger partial charge in [0, 0.05) is 5.56 Å². The third-order valence-electron chi connectivity index (χ3n) is 4.92. The minimum atomic E-state index is -0.576.